The van der Waals surface area contributed by atoms with Crippen LogP contribution in [0.15, 0.2) is 0 Å². The van der Waals surface area contributed by atoms with Crippen LogP contribution < -0.4 is 0 Å². The summed E-state index contributed by atoms with van der Waals surface area (Å²) in [6.07, 6.45) is -0.175. The first-order valence-corrected chi connectivity index (χ1v) is 5.60. The molecular formula is C11H21NO4. The fourth-order valence-corrected chi connectivity index (χ4v) is 1.46. The second kappa shape index (κ2) is 7.09. The first kappa shape index (κ1) is 14.7. The van der Waals surface area contributed by atoms with Crippen molar-refractivity contribution in [3.05, 3.63) is 0 Å². The smallest absolute Gasteiger partial charge is 0.410 e. The zero-order valence-corrected chi connectivity index (χ0v) is 10.4. The Morgan fingerprint density at radius 2 is 1.88 bits per heavy atom. The van der Waals surface area contributed by atoms with Crippen LogP contribution in [0.3, 0.4) is 0 Å². The molecule has 1 amide bonds. The van der Waals surface area contributed by atoms with E-state index in [1.165, 1.54) is 4.90 Å². The normalized spacial score (nSPS) is 12.3. The number of carbonyl (C=O) groups excluding carboxylic acids is 1. The van der Waals surface area contributed by atoms with E-state index in [1.54, 1.807) is 13.8 Å². The summed E-state index contributed by atoms with van der Waals surface area (Å²) in [5.74, 6) is -0.783. The molecule has 0 bridgehead atoms. The third-order valence-electron chi connectivity index (χ3n) is 2.11. The van der Waals surface area contributed by atoms with Gasteiger partial charge in [-0.15, -0.1) is 0 Å². The Labute approximate surface area is 96.4 Å². The SMILES string of the molecule is CCOC(=O)N(CC(C)C)C(CC)C(=O)O. The molecular weight excluding hydrogens is 210 g/mol. The van der Waals surface area contributed by atoms with Gasteiger partial charge >= 0.3 is 12.1 Å². The lowest BCUT2D eigenvalue weighted by atomic mass is 10.1. The van der Waals surface area contributed by atoms with E-state index in [-0.39, 0.29) is 12.5 Å². The molecule has 0 aliphatic heterocycles. The zero-order valence-electron chi connectivity index (χ0n) is 10.4. The molecule has 5 heteroatoms. The van der Waals surface area contributed by atoms with Crippen LogP contribution in [0, 0.1) is 5.92 Å². The highest BCUT2D eigenvalue weighted by Crippen LogP contribution is 2.10. The van der Waals surface area contributed by atoms with E-state index in [9.17, 15) is 9.59 Å². The molecule has 0 spiro atoms. The number of carbonyl (C=O) groups is 2. The van der Waals surface area contributed by atoms with Crippen molar-refractivity contribution in [2.24, 2.45) is 5.92 Å². The lowest BCUT2D eigenvalue weighted by molar-refractivity contribution is -0.143. The van der Waals surface area contributed by atoms with Crippen molar-refractivity contribution < 1.29 is 19.4 Å². The maximum Gasteiger partial charge on any atom is 0.410 e. The quantitative estimate of drug-likeness (QED) is 0.758. The Bertz CT molecular complexity index is 240. The number of ether oxygens (including phenoxy) is 1. The summed E-state index contributed by atoms with van der Waals surface area (Å²) in [7, 11) is 0. The summed E-state index contributed by atoms with van der Waals surface area (Å²) in [6.45, 7) is 7.95. The molecule has 0 aromatic carbocycles. The third kappa shape index (κ3) is 4.51. The van der Waals surface area contributed by atoms with Crippen molar-refractivity contribution in [3.63, 3.8) is 0 Å². The fourth-order valence-electron chi connectivity index (χ4n) is 1.46. The van der Waals surface area contributed by atoms with E-state index < -0.39 is 18.1 Å². The van der Waals surface area contributed by atoms with Gasteiger partial charge < -0.3 is 9.84 Å². The number of hydrogen-bond donors (Lipinski definition) is 1. The maximum absolute atomic E-state index is 11.6. The van der Waals surface area contributed by atoms with Crippen molar-refractivity contribution in [2.75, 3.05) is 13.2 Å². The Kier molecular flexibility index (Phi) is 6.53. The van der Waals surface area contributed by atoms with Gasteiger partial charge in [0.15, 0.2) is 0 Å². The molecule has 0 aromatic heterocycles. The molecule has 16 heavy (non-hydrogen) atoms. The molecule has 5 nitrogen and oxygen atoms in total. The number of aliphatic carboxylic acids is 1. The van der Waals surface area contributed by atoms with E-state index in [0.717, 1.165) is 0 Å². The molecule has 0 saturated carbocycles. The molecule has 0 aromatic rings. The summed E-state index contributed by atoms with van der Waals surface area (Å²) in [5.41, 5.74) is 0. The van der Waals surface area contributed by atoms with Gasteiger partial charge in [0.05, 0.1) is 6.61 Å². The van der Waals surface area contributed by atoms with E-state index in [4.69, 9.17) is 9.84 Å². The monoisotopic (exact) mass is 231 g/mol. The minimum Gasteiger partial charge on any atom is -0.480 e. The van der Waals surface area contributed by atoms with Crippen molar-refractivity contribution >= 4 is 12.1 Å². The molecule has 94 valence electrons. The molecule has 1 atom stereocenters. The predicted octanol–water partition coefficient (Wildman–Crippen LogP) is 1.96. The second-order valence-corrected chi connectivity index (χ2v) is 4.01. The highest BCUT2D eigenvalue weighted by Gasteiger charge is 2.29. The molecule has 1 unspecified atom stereocenters. The number of amides is 1. The Morgan fingerprint density at radius 1 is 1.31 bits per heavy atom. The van der Waals surface area contributed by atoms with E-state index in [2.05, 4.69) is 0 Å². The van der Waals surface area contributed by atoms with E-state index in [0.29, 0.717) is 13.0 Å². The average Bonchev–Trinajstić information content (AvgIpc) is 2.16. The van der Waals surface area contributed by atoms with E-state index >= 15 is 0 Å². The first-order chi connectivity index (χ1) is 7.43. The predicted molar refractivity (Wildman–Crippen MR) is 60.3 cm³/mol. The maximum atomic E-state index is 11.6. The molecule has 0 rings (SSSR count). The minimum atomic E-state index is -0.990. The number of nitrogens with zero attached hydrogens (tertiary/aromatic N) is 1. The van der Waals surface area contributed by atoms with Crippen molar-refractivity contribution in [1.29, 1.82) is 0 Å². The van der Waals surface area contributed by atoms with Crippen LogP contribution in [-0.2, 0) is 9.53 Å². The summed E-state index contributed by atoms with van der Waals surface area (Å²) < 4.78 is 4.86. The summed E-state index contributed by atoms with van der Waals surface area (Å²) in [6, 6.07) is -0.804. The minimum absolute atomic E-state index is 0.206. The van der Waals surface area contributed by atoms with Gasteiger partial charge in [0.1, 0.15) is 6.04 Å². The lowest BCUT2D eigenvalue weighted by Gasteiger charge is -2.28. The topological polar surface area (TPSA) is 66.8 Å². The second-order valence-electron chi connectivity index (χ2n) is 4.01. The van der Waals surface area contributed by atoms with Gasteiger partial charge in [-0.25, -0.2) is 9.59 Å². The molecule has 0 aliphatic carbocycles. The van der Waals surface area contributed by atoms with Crippen LogP contribution in [0.5, 0.6) is 0 Å². The Hall–Kier alpha value is -1.26. The largest absolute Gasteiger partial charge is 0.480 e. The number of hydrogen-bond acceptors (Lipinski definition) is 3. The zero-order chi connectivity index (χ0) is 12.7. The van der Waals surface area contributed by atoms with E-state index in [1.807, 2.05) is 13.8 Å². The number of carboxylic acids is 1. The number of carboxylic acid groups (broad SMARTS) is 1. The highest BCUT2D eigenvalue weighted by molar-refractivity contribution is 5.80. The van der Waals surface area contributed by atoms with Gasteiger partial charge in [-0.1, -0.05) is 20.8 Å². The van der Waals surface area contributed by atoms with Crippen LogP contribution >= 0.6 is 0 Å². The summed E-state index contributed by atoms with van der Waals surface area (Å²) in [5, 5.41) is 9.02. The van der Waals surface area contributed by atoms with Crippen LogP contribution in [0.4, 0.5) is 4.79 Å². The summed E-state index contributed by atoms with van der Waals surface area (Å²) >= 11 is 0. The summed E-state index contributed by atoms with van der Waals surface area (Å²) in [4.78, 5) is 23.9. The highest BCUT2D eigenvalue weighted by atomic mass is 16.6. The Balaban J connectivity index is 4.75. The van der Waals surface area contributed by atoms with Gasteiger partial charge in [-0.3, -0.25) is 4.90 Å². The molecule has 0 saturated heterocycles. The molecule has 0 aliphatic rings. The standard InChI is InChI=1S/C11H21NO4/c1-5-9(10(13)14)12(7-8(3)4)11(15)16-6-2/h8-9H,5-7H2,1-4H3,(H,13,14). The van der Waals surface area contributed by atoms with Crippen molar-refractivity contribution in [2.45, 2.75) is 40.2 Å². The van der Waals surface area contributed by atoms with Gasteiger partial charge in [0.25, 0.3) is 0 Å². The molecule has 0 fully saturated rings. The number of rotatable bonds is 6. The van der Waals surface area contributed by atoms with Crippen LogP contribution in [0.2, 0.25) is 0 Å². The van der Waals surface area contributed by atoms with Crippen molar-refractivity contribution in [1.82, 2.24) is 4.90 Å². The fraction of sp³-hybridized carbons (Fsp3) is 0.818. The van der Waals surface area contributed by atoms with Crippen LogP contribution in [-0.4, -0.2) is 41.3 Å². The van der Waals surface area contributed by atoms with Gasteiger partial charge in [-0.05, 0) is 19.3 Å². The van der Waals surface area contributed by atoms with Crippen LogP contribution in [0.25, 0.3) is 0 Å². The molecule has 1 N–H and O–H groups in total. The van der Waals surface area contributed by atoms with Crippen molar-refractivity contribution in [3.8, 4) is 0 Å². The van der Waals surface area contributed by atoms with Gasteiger partial charge in [-0.2, -0.15) is 0 Å². The average molecular weight is 231 g/mol. The lowest BCUT2D eigenvalue weighted by Crippen LogP contribution is -2.46. The molecule has 0 heterocycles. The van der Waals surface area contributed by atoms with Gasteiger partial charge in [0.2, 0.25) is 0 Å². The van der Waals surface area contributed by atoms with Crippen LogP contribution in [0.1, 0.15) is 34.1 Å². The molecule has 0 radical (unpaired) electrons. The Morgan fingerprint density at radius 3 is 2.19 bits per heavy atom. The first-order valence-electron chi connectivity index (χ1n) is 5.60. The van der Waals surface area contributed by atoms with Gasteiger partial charge in [0, 0.05) is 6.54 Å². The third-order valence-corrected chi connectivity index (χ3v) is 2.11.